The van der Waals surface area contributed by atoms with Crippen LogP contribution in [0.15, 0.2) is 24.3 Å². The standard InChI is InChI=1S/C19H24ClNO3/c1-12-7-9-19(10-8-12,18(23)24-2)21-17(22)15-11-14(15)13-5-3-4-6-16(13)20/h3-6,12,14-15H,7-11H2,1-2H3,(H,21,22). The van der Waals surface area contributed by atoms with Crippen molar-refractivity contribution in [1.82, 2.24) is 5.32 Å². The first-order valence-electron chi connectivity index (χ1n) is 8.62. The second kappa shape index (κ2) is 6.75. The van der Waals surface area contributed by atoms with Gasteiger partial charge in [-0.1, -0.05) is 36.7 Å². The van der Waals surface area contributed by atoms with Gasteiger partial charge in [0.2, 0.25) is 5.91 Å². The van der Waals surface area contributed by atoms with E-state index in [0.29, 0.717) is 23.8 Å². The lowest BCUT2D eigenvalue weighted by molar-refractivity contribution is -0.153. The Balaban J connectivity index is 1.69. The third-order valence-corrected chi connectivity index (χ3v) is 5.84. The molecule has 24 heavy (non-hydrogen) atoms. The van der Waals surface area contributed by atoms with Crippen LogP contribution in [0.4, 0.5) is 0 Å². The molecular formula is C19H24ClNO3. The summed E-state index contributed by atoms with van der Waals surface area (Å²) in [6, 6.07) is 7.65. The fourth-order valence-electron chi connectivity index (χ4n) is 3.76. The van der Waals surface area contributed by atoms with Crippen LogP contribution in [-0.4, -0.2) is 24.5 Å². The summed E-state index contributed by atoms with van der Waals surface area (Å²) in [6.45, 7) is 2.18. The summed E-state index contributed by atoms with van der Waals surface area (Å²) >= 11 is 6.23. The van der Waals surface area contributed by atoms with Gasteiger partial charge in [-0.05, 0) is 55.6 Å². The van der Waals surface area contributed by atoms with Crippen LogP contribution < -0.4 is 5.32 Å². The van der Waals surface area contributed by atoms with E-state index in [4.69, 9.17) is 16.3 Å². The number of esters is 1. The van der Waals surface area contributed by atoms with E-state index in [1.54, 1.807) is 0 Å². The maximum absolute atomic E-state index is 12.7. The number of ether oxygens (including phenoxy) is 1. The zero-order valence-corrected chi connectivity index (χ0v) is 14.9. The summed E-state index contributed by atoms with van der Waals surface area (Å²) in [7, 11) is 1.39. The first-order chi connectivity index (χ1) is 11.5. The highest BCUT2D eigenvalue weighted by molar-refractivity contribution is 6.31. The monoisotopic (exact) mass is 349 g/mol. The summed E-state index contributed by atoms with van der Waals surface area (Å²) in [4.78, 5) is 25.0. The van der Waals surface area contributed by atoms with E-state index >= 15 is 0 Å². The van der Waals surface area contributed by atoms with Crippen LogP contribution in [0.3, 0.4) is 0 Å². The molecule has 2 unspecified atom stereocenters. The summed E-state index contributed by atoms with van der Waals surface area (Å²) in [5.74, 6) is 0.246. The predicted octanol–water partition coefficient (Wildman–Crippen LogP) is 3.68. The smallest absolute Gasteiger partial charge is 0.331 e. The van der Waals surface area contributed by atoms with E-state index < -0.39 is 5.54 Å². The highest BCUT2D eigenvalue weighted by atomic mass is 35.5. The molecule has 2 atom stereocenters. The Morgan fingerprint density at radius 1 is 1.25 bits per heavy atom. The molecule has 1 amide bonds. The molecule has 4 nitrogen and oxygen atoms in total. The topological polar surface area (TPSA) is 55.4 Å². The van der Waals surface area contributed by atoms with Crippen LogP contribution in [0.25, 0.3) is 0 Å². The molecule has 2 aliphatic rings. The summed E-state index contributed by atoms with van der Waals surface area (Å²) in [5.41, 5.74) is 0.162. The summed E-state index contributed by atoms with van der Waals surface area (Å²) < 4.78 is 4.99. The number of benzene rings is 1. The molecule has 2 fully saturated rings. The average molecular weight is 350 g/mol. The molecule has 1 aromatic rings. The van der Waals surface area contributed by atoms with Crippen LogP contribution in [0.1, 0.15) is 50.5 Å². The number of methoxy groups -OCH3 is 1. The van der Waals surface area contributed by atoms with Gasteiger partial charge in [0.25, 0.3) is 0 Å². The maximum atomic E-state index is 12.7. The first kappa shape index (κ1) is 17.3. The van der Waals surface area contributed by atoms with Gasteiger partial charge in [-0.15, -0.1) is 0 Å². The Morgan fingerprint density at radius 3 is 2.54 bits per heavy atom. The lowest BCUT2D eigenvalue weighted by atomic mass is 9.77. The third kappa shape index (κ3) is 3.30. The van der Waals surface area contributed by atoms with Gasteiger partial charge in [-0.25, -0.2) is 4.79 Å². The molecule has 0 saturated heterocycles. The van der Waals surface area contributed by atoms with Gasteiger partial charge in [0.05, 0.1) is 7.11 Å². The van der Waals surface area contributed by atoms with Gasteiger partial charge in [-0.2, -0.15) is 0 Å². The number of amides is 1. The largest absolute Gasteiger partial charge is 0.467 e. The van der Waals surface area contributed by atoms with Crippen LogP contribution in [-0.2, 0) is 14.3 Å². The van der Waals surface area contributed by atoms with E-state index in [0.717, 1.165) is 24.8 Å². The lowest BCUT2D eigenvalue weighted by Gasteiger charge is -2.37. The number of rotatable bonds is 4. The fraction of sp³-hybridized carbons (Fsp3) is 0.579. The van der Waals surface area contributed by atoms with Crippen molar-refractivity contribution in [3.05, 3.63) is 34.9 Å². The van der Waals surface area contributed by atoms with Crippen molar-refractivity contribution in [2.75, 3.05) is 7.11 Å². The number of hydrogen-bond acceptors (Lipinski definition) is 3. The zero-order chi connectivity index (χ0) is 17.3. The second-order valence-corrected chi connectivity index (χ2v) is 7.62. The number of nitrogens with one attached hydrogen (secondary N) is 1. The minimum atomic E-state index is -0.855. The second-order valence-electron chi connectivity index (χ2n) is 7.22. The molecule has 0 heterocycles. The number of carbonyl (C=O) groups excluding carboxylic acids is 2. The van der Waals surface area contributed by atoms with Crippen molar-refractivity contribution < 1.29 is 14.3 Å². The fourth-order valence-corrected chi connectivity index (χ4v) is 4.04. The van der Waals surface area contributed by atoms with Crippen LogP contribution in [0, 0.1) is 11.8 Å². The maximum Gasteiger partial charge on any atom is 0.331 e. The molecule has 5 heteroatoms. The molecule has 0 radical (unpaired) electrons. The van der Waals surface area contributed by atoms with E-state index in [1.165, 1.54) is 7.11 Å². The van der Waals surface area contributed by atoms with E-state index in [9.17, 15) is 9.59 Å². The molecule has 0 spiro atoms. The normalized spacial score (nSPS) is 32.0. The van der Waals surface area contributed by atoms with Crippen molar-refractivity contribution in [3.8, 4) is 0 Å². The van der Waals surface area contributed by atoms with E-state index in [1.807, 2.05) is 24.3 Å². The van der Waals surface area contributed by atoms with Gasteiger partial charge >= 0.3 is 5.97 Å². The predicted molar refractivity (Wildman–Crippen MR) is 92.8 cm³/mol. The molecule has 1 aromatic carbocycles. The summed E-state index contributed by atoms with van der Waals surface area (Å²) in [6.07, 6.45) is 3.93. The molecule has 2 aliphatic carbocycles. The minimum Gasteiger partial charge on any atom is -0.467 e. The SMILES string of the molecule is COC(=O)C1(NC(=O)C2CC2c2ccccc2Cl)CCC(C)CC1. The van der Waals surface area contributed by atoms with Gasteiger partial charge < -0.3 is 10.1 Å². The molecule has 130 valence electrons. The highest BCUT2D eigenvalue weighted by Crippen LogP contribution is 2.50. The average Bonchev–Trinajstić information content (AvgIpc) is 3.37. The molecule has 1 N–H and O–H groups in total. The number of hydrogen-bond donors (Lipinski definition) is 1. The Bertz CT molecular complexity index is 637. The lowest BCUT2D eigenvalue weighted by Crippen LogP contribution is -2.57. The van der Waals surface area contributed by atoms with Crippen molar-refractivity contribution in [2.24, 2.45) is 11.8 Å². The van der Waals surface area contributed by atoms with Crippen LogP contribution in [0.5, 0.6) is 0 Å². The van der Waals surface area contributed by atoms with Crippen molar-refractivity contribution in [2.45, 2.75) is 50.5 Å². The Labute approximate surface area is 147 Å². The minimum absolute atomic E-state index is 0.0557. The zero-order valence-electron chi connectivity index (χ0n) is 14.2. The van der Waals surface area contributed by atoms with Gasteiger partial charge in [-0.3, -0.25) is 4.79 Å². The van der Waals surface area contributed by atoms with Gasteiger partial charge in [0.15, 0.2) is 0 Å². The van der Waals surface area contributed by atoms with E-state index in [2.05, 4.69) is 12.2 Å². The Morgan fingerprint density at radius 2 is 1.92 bits per heavy atom. The van der Waals surface area contributed by atoms with Crippen molar-refractivity contribution in [1.29, 1.82) is 0 Å². The Hall–Kier alpha value is -1.55. The highest BCUT2D eigenvalue weighted by Gasteiger charge is 2.50. The van der Waals surface area contributed by atoms with E-state index in [-0.39, 0.29) is 23.7 Å². The first-order valence-corrected chi connectivity index (χ1v) is 8.99. The number of halogens is 1. The van der Waals surface area contributed by atoms with Gasteiger partial charge in [0, 0.05) is 10.9 Å². The molecular weight excluding hydrogens is 326 g/mol. The van der Waals surface area contributed by atoms with Crippen LogP contribution in [0.2, 0.25) is 5.02 Å². The Kier molecular flexibility index (Phi) is 4.86. The van der Waals surface area contributed by atoms with Gasteiger partial charge in [0.1, 0.15) is 5.54 Å². The molecule has 2 saturated carbocycles. The number of carbonyl (C=O) groups is 2. The third-order valence-electron chi connectivity index (χ3n) is 5.50. The van der Waals surface area contributed by atoms with Crippen molar-refractivity contribution in [3.63, 3.8) is 0 Å². The summed E-state index contributed by atoms with van der Waals surface area (Å²) in [5, 5.41) is 3.73. The molecule has 3 rings (SSSR count). The quantitative estimate of drug-likeness (QED) is 0.843. The van der Waals surface area contributed by atoms with Crippen LogP contribution >= 0.6 is 11.6 Å². The molecule has 0 bridgehead atoms. The molecule has 0 aliphatic heterocycles. The molecule has 0 aromatic heterocycles. The van der Waals surface area contributed by atoms with Crippen molar-refractivity contribution >= 4 is 23.5 Å².